The van der Waals surface area contributed by atoms with Crippen LogP contribution in [0.2, 0.25) is 0 Å². The molecule has 24 heavy (non-hydrogen) atoms. The van der Waals surface area contributed by atoms with Crippen LogP contribution in [0.3, 0.4) is 0 Å². The van der Waals surface area contributed by atoms with Crippen molar-refractivity contribution < 1.29 is 9.53 Å². The fourth-order valence-electron chi connectivity index (χ4n) is 4.07. The lowest BCUT2D eigenvalue weighted by molar-refractivity contribution is -0.140. The molecule has 0 aromatic rings. The number of hydrogen-bond acceptors (Lipinski definition) is 2. The van der Waals surface area contributed by atoms with Crippen molar-refractivity contribution in [1.29, 1.82) is 0 Å². The maximum absolute atomic E-state index is 11.1. The van der Waals surface area contributed by atoms with Crippen LogP contribution in [-0.4, -0.2) is 13.1 Å². The van der Waals surface area contributed by atoms with Crippen molar-refractivity contribution in [2.45, 2.75) is 97.3 Å². The van der Waals surface area contributed by atoms with E-state index in [1.807, 2.05) is 0 Å². The number of rotatable bonds is 13. The van der Waals surface area contributed by atoms with Gasteiger partial charge >= 0.3 is 5.97 Å². The molecule has 0 N–H and O–H groups in total. The van der Waals surface area contributed by atoms with Gasteiger partial charge in [0.25, 0.3) is 0 Å². The smallest absolute Gasteiger partial charge is 0.305 e. The minimum Gasteiger partial charge on any atom is -0.469 e. The van der Waals surface area contributed by atoms with Gasteiger partial charge in [0.2, 0.25) is 0 Å². The van der Waals surface area contributed by atoms with Gasteiger partial charge in [0.15, 0.2) is 0 Å². The number of ether oxygens (including phenoxy) is 1. The first-order valence-corrected chi connectivity index (χ1v) is 10.4. The lowest BCUT2D eigenvalue weighted by atomic mass is 9.85. The molecule has 0 radical (unpaired) electrons. The molecule has 1 rings (SSSR count). The quantitative estimate of drug-likeness (QED) is 0.213. The van der Waals surface area contributed by atoms with E-state index in [-0.39, 0.29) is 5.97 Å². The highest BCUT2D eigenvalue weighted by Crippen LogP contribution is 2.38. The van der Waals surface area contributed by atoms with Crippen LogP contribution in [0, 0.1) is 17.8 Å². The molecule has 1 unspecified atom stereocenters. The standard InChI is InChI=1S/C22H40O2/c1-4-5-6-7-8-9-14-20-15-12-16-21(20)18-19(2)13-10-11-17-22(23)24-3/h9,14,19-21H,4-8,10-13,15-18H2,1-3H3/t19?,20-,21+/m0/s1. The molecule has 1 saturated carbocycles. The molecule has 1 fully saturated rings. The van der Waals surface area contributed by atoms with Crippen LogP contribution >= 0.6 is 0 Å². The molecule has 1 aliphatic rings. The van der Waals surface area contributed by atoms with Gasteiger partial charge in [-0.25, -0.2) is 0 Å². The van der Waals surface area contributed by atoms with Gasteiger partial charge in [-0.15, -0.1) is 0 Å². The van der Waals surface area contributed by atoms with Gasteiger partial charge in [-0.2, -0.15) is 0 Å². The predicted molar refractivity (Wildman–Crippen MR) is 103 cm³/mol. The molecular formula is C22H40O2. The van der Waals surface area contributed by atoms with Crippen LogP contribution in [0.5, 0.6) is 0 Å². The average molecular weight is 337 g/mol. The second-order valence-corrected chi connectivity index (χ2v) is 7.80. The van der Waals surface area contributed by atoms with Crippen LogP contribution in [0.25, 0.3) is 0 Å². The molecule has 0 heterocycles. The lowest BCUT2D eigenvalue weighted by Gasteiger charge is -2.21. The number of carbonyl (C=O) groups is 1. The van der Waals surface area contributed by atoms with Crippen LogP contribution in [0.15, 0.2) is 12.2 Å². The molecular weight excluding hydrogens is 296 g/mol. The summed E-state index contributed by atoms with van der Waals surface area (Å²) >= 11 is 0. The number of methoxy groups -OCH3 is 1. The molecule has 2 heteroatoms. The van der Waals surface area contributed by atoms with Gasteiger partial charge in [-0.3, -0.25) is 4.79 Å². The third-order valence-electron chi connectivity index (χ3n) is 5.59. The largest absolute Gasteiger partial charge is 0.469 e. The Bertz CT molecular complexity index is 348. The Kier molecular flexibility index (Phi) is 12.0. The number of unbranched alkanes of at least 4 members (excludes halogenated alkanes) is 5. The zero-order chi connectivity index (χ0) is 17.6. The van der Waals surface area contributed by atoms with E-state index in [0.29, 0.717) is 6.42 Å². The Morgan fingerprint density at radius 1 is 1.17 bits per heavy atom. The van der Waals surface area contributed by atoms with E-state index >= 15 is 0 Å². The van der Waals surface area contributed by atoms with Gasteiger partial charge in [0.05, 0.1) is 7.11 Å². The van der Waals surface area contributed by atoms with Gasteiger partial charge in [-0.05, 0) is 56.3 Å². The summed E-state index contributed by atoms with van der Waals surface area (Å²) in [5, 5.41) is 0. The first-order chi connectivity index (χ1) is 11.7. The summed E-state index contributed by atoms with van der Waals surface area (Å²) in [7, 11) is 1.47. The molecule has 0 amide bonds. The molecule has 1 aliphatic carbocycles. The maximum atomic E-state index is 11.1. The van der Waals surface area contributed by atoms with E-state index in [1.165, 1.54) is 71.3 Å². The molecule has 0 spiro atoms. The van der Waals surface area contributed by atoms with Crippen LogP contribution < -0.4 is 0 Å². The average Bonchev–Trinajstić information content (AvgIpc) is 3.01. The van der Waals surface area contributed by atoms with Crippen molar-refractivity contribution in [3.8, 4) is 0 Å². The van der Waals surface area contributed by atoms with E-state index in [2.05, 4.69) is 26.0 Å². The van der Waals surface area contributed by atoms with Crippen molar-refractivity contribution in [1.82, 2.24) is 0 Å². The van der Waals surface area contributed by atoms with Gasteiger partial charge in [0.1, 0.15) is 0 Å². The number of esters is 1. The highest BCUT2D eigenvalue weighted by molar-refractivity contribution is 5.68. The lowest BCUT2D eigenvalue weighted by Crippen LogP contribution is -2.10. The molecule has 0 bridgehead atoms. The zero-order valence-corrected chi connectivity index (χ0v) is 16.4. The molecule has 3 atom stereocenters. The Morgan fingerprint density at radius 3 is 2.75 bits per heavy atom. The van der Waals surface area contributed by atoms with E-state index in [9.17, 15) is 4.79 Å². The fourth-order valence-corrected chi connectivity index (χ4v) is 4.07. The summed E-state index contributed by atoms with van der Waals surface area (Å²) < 4.78 is 4.70. The van der Waals surface area contributed by atoms with Crippen molar-refractivity contribution in [3.05, 3.63) is 12.2 Å². The van der Waals surface area contributed by atoms with E-state index in [1.54, 1.807) is 0 Å². The summed E-state index contributed by atoms with van der Waals surface area (Å²) in [6, 6.07) is 0. The van der Waals surface area contributed by atoms with Crippen molar-refractivity contribution >= 4 is 5.97 Å². The van der Waals surface area contributed by atoms with Gasteiger partial charge < -0.3 is 4.74 Å². The number of hydrogen-bond donors (Lipinski definition) is 0. The molecule has 0 aromatic heterocycles. The van der Waals surface area contributed by atoms with E-state index < -0.39 is 0 Å². The van der Waals surface area contributed by atoms with Crippen LogP contribution in [-0.2, 0) is 9.53 Å². The predicted octanol–water partition coefficient (Wildman–Crippen LogP) is 6.69. The van der Waals surface area contributed by atoms with E-state index in [4.69, 9.17) is 4.74 Å². The highest BCUT2D eigenvalue weighted by Gasteiger charge is 2.26. The Balaban J connectivity index is 2.17. The highest BCUT2D eigenvalue weighted by atomic mass is 16.5. The topological polar surface area (TPSA) is 26.3 Å². The normalized spacial score (nSPS) is 22.1. The Hall–Kier alpha value is -0.790. The fraction of sp³-hybridized carbons (Fsp3) is 0.864. The monoisotopic (exact) mass is 336 g/mol. The van der Waals surface area contributed by atoms with Crippen molar-refractivity contribution in [2.24, 2.45) is 17.8 Å². The third-order valence-corrected chi connectivity index (χ3v) is 5.59. The zero-order valence-electron chi connectivity index (χ0n) is 16.4. The second kappa shape index (κ2) is 13.5. The summed E-state index contributed by atoms with van der Waals surface area (Å²) in [6.45, 7) is 4.66. The first kappa shape index (κ1) is 21.3. The van der Waals surface area contributed by atoms with E-state index in [0.717, 1.165) is 30.6 Å². The van der Waals surface area contributed by atoms with Crippen LogP contribution in [0.4, 0.5) is 0 Å². The van der Waals surface area contributed by atoms with Crippen LogP contribution in [0.1, 0.15) is 97.3 Å². The number of allylic oxidation sites excluding steroid dienone is 2. The molecule has 0 saturated heterocycles. The molecule has 0 aliphatic heterocycles. The first-order valence-electron chi connectivity index (χ1n) is 10.4. The maximum Gasteiger partial charge on any atom is 0.305 e. The summed E-state index contributed by atoms with van der Waals surface area (Å²) in [6.07, 6.45) is 21.3. The summed E-state index contributed by atoms with van der Waals surface area (Å²) in [5.41, 5.74) is 0. The summed E-state index contributed by atoms with van der Waals surface area (Å²) in [4.78, 5) is 11.1. The van der Waals surface area contributed by atoms with Crippen molar-refractivity contribution in [3.63, 3.8) is 0 Å². The second-order valence-electron chi connectivity index (χ2n) is 7.80. The SMILES string of the molecule is CCCCCCC=C[C@H]1CCC[C@@H]1CC(C)CCCCC(=O)OC. The molecule has 0 aromatic carbocycles. The minimum absolute atomic E-state index is 0.0671. The summed E-state index contributed by atoms with van der Waals surface area (Å²) in [5.74, 6) is 2.44. The van der Waals surface area contributed by atoms with Crippen molar-refractivity contribution in [2.75, 3.05) is 7.11 Å². The third kappa shape index (κ3) is 9.49. The van der Waals surface area contributed by atoms with Gasteiger partial charge in [-0.1, -0.05) is 64.5 Å². The minimum atomic E-state index is -0.0671. The molecule has 2 nitrogen and oxygen atoms in total. The Morgan fingerprint density at radius 2 is 2.00 bits per heavy atom. The van der Waals surface area contributed by atoms with Gasteiger partial charge in [0, 0.05) is 6.42 Å². The number of carbonyl (C=O) groups excluding carboxylic acids is 1. The Labute approximate surface area is 150 Å². The molecule has 140 valence electrons.